The number of carbonyl (C=O) groups excluding carboxylic acids is 2. The smallest absolute Gasteiger partial charge is 0.252 e. The van der Waals surface area contributed by atoms with E-state index >= 15 is 0 Å². The molecular formula is C29H33N7O3. The van der Waals surface area contributed by atoms with Crippen LogP contribution in [0.3, 0.4) is 0 Å². The minimum absolute atomic E-state index is 0.0971. The van der Waals surface area contributed by atoms with Gasteiger partial charge in [-0.2, -0.15) is 5.10 Å². The maximum Gasteiger partial charge on any atom is 0.252 e. The molecule has 0 radical (unpaired) electrons. The molecule has 10 heteroatoms. The van der Waals surface area contributed by atoms with Gasteiger partial charge in [-0.3, -0.25) is 14.3 Å². The van der Waals surface area contributed by atoms with E-state index in [4.69, 9.17) is 10.5 Å². The summed E-state index contributed by atoms with van der Waals surface area (Å²) in [5, 5.41) is 4.67. The third-order valence-corrected chi connectivity index (χ3v) is 8.02. The molecule has 2 N–H and O–H groups in total. The van der Waals surface area contributed by atoms with Crippen LogP contribution in [0.25, 0.3) is 28.0 Å². The van der Waals surface area contributed by atoms with Crippen molar-refractivity contribution in [3.8, 4) is 22.5 Å². The first kappa shape index (κ1) is 25.1. The standard InChI is InChI=1S/C29H33N7O3/c1-19(37)35-14-13-33(28(38)29(35,2)3)22-6-4-5-20(17-22)25-18-23(26-27(30)31-11-12-34(25)26)24-7-10-32-36(24)21-8-15-39-16-9-21/h4-7,10-12,17-18,21H,8-9,13-16H2,1-3H3,(H2,30,31). The second kappa shape index (κ2) is 9.53. The summed E-state index contributed by atoms with van der Waals surface area (Å²) in [5.74, 6) is 0.239. The van der Waals surface area contributed by atoms with E-state index in [9.17, 15) is 9.59 Å². The summed E-state index contributed by atoms with van der Waals surface area (Å²) in [6, 6.07) is 12.3. The number of ether oxygens (including phenoxy) is 1. The topological polar surface area (TPSA) is 111 Å². The molecule has 2 amide bonds. The molecule has 0 atom stereocenters. The number of amides is 2. The Balaban J connectivity index is 1.43. The molecule has 3 aromatic heterocycles. The van der Waals surface area contributed by atoms with Gasteiger partial charge < -0.3 is 24.7 Å². The number of anilines is 2. The maximum atomic E-state index is 13.5. The number of carbonyl (C=O) groups is 2. The Morgan fingerprint density at radius 1 is 1.08 bits per heavy atom. The molecule has 39 heavy (non-hydrogen) atoms. The fourth-order valence-corrected chi connectivity index (χ4v) is 6.01. The molecule has 0 saturated carbocycles. The van der Waals surface area contributed by atoms with Crippen LogP contribution in [0.4, 0.5) is 11.5 Å². The average Bonchev–Trinajstić information content (AvgIpc) is 3.56. The van der Waals surface area contributed by atoms with Crippen molar-refractivity contribution in [3.05, 3.63) is 55.0 Å². The number of nitrogen functional groups attached to an aromatic ring is 1. The van der Waals surface area contributed by atoms with E-state index in [1.165, 1.54) is 6.92 Å². The molecule has 2 aliphatic heterocycles. The summed E-state index contributed by atoms with van der Waals surface area (Å²) in [6.45, 7) is 7.47. The molecule has 2 saturated heterocycles. The van der Waals surface area contributed by atoms with Gasteiger partial charge in [-0.15, -0.1) is 0 Å². The van der Waals surface area contributed by atoms with Crippen molar-refractivity contribution in [1.29, 1.82) is 0 Å². The van der Waals surface area contributed by atoms with Gasteiger partial charge in [-0.25, -0.2) is 4.98 Å². The van der Waals surface area contributed by atoms with Gasteiger partial charge in [0.2, 0.25) is 5.91 Å². The Morgan fingerprint density at radius 2 is 1.87 bits per heavy atom. The summed E-state index contributed by atoms with van der Waals surface area (Å²) in [6.07, 6.45) is 7.25. The molecule has 0 aliphatic carbocycles. The van der Waals surface area contributed by atoms with E-state index in [2.05, 4.69) is 25.2 Å². The highest BCUT2D eigenvalue weighted by Crippen LogP contribution is 2.38. The first-order valence-electron chi connectivity index (χ1n) is 13.3. The van der Waals surface area contributed by atoms with Crippen LogP contribution in [0.1, 0.15) is 39.7 Å². The minimum atomic E-state index is -0.919. The van der Waals surface area contributed by atoms with Crippen molar-refractivity contribution in [2.75, 3.05) is 36.9 Å². The van der Waals surface area contributed by atoms with Gasteiger partial charge in [0.15, 0.2) is 0 Å². The Bertz CT molecular complexity index is 1560. The molecule has 2 aliphatic rings. The van der Waals surface area contributed by atoms with Crippen LogP contribution >= 0.6 is 0 Å². The highest BCUT2D eigenvalue weighted by atomic mass is 16.5. The highest BCUT2D eigenvalue weighted by Gasteiger charge is 2.43. The van der Waals surface area contributed by atoms with Crippen LogP contribution in [-0.4, -0.2) is 67.7 Å². The second-order valence-electron chi connectivity index (χ2n) is 10.7. The van der Waals surface area contributed by atoms with E-state index in [0.717, 1.165) is 59.8 Å². The summed E-state index contributed by atoms with van der Waals surface area (Å²) >= 11 is 0. The summed E-state index contributed by atoms with van der Waals surface area (Å²) in [4.78, 5) is 33.4. The largest absolute Gasteiger partial charge is 0.382 e. The van der Waals surface area contributed by atoms with E-state index in [1.54, 1.807) is 29.8 Å². The highest BCUT2D eigenvalue weighted by molar-refractivity contribution is 6.03. The van der Waals surface area contributed by atoms with Gasteiger partial charge in [0.05, 0.1) is 22.9 Å². The number of hydrogen-bond acceptors (Lipinski definition) is 6. The number of nitrogens with two attached hydrogens (primary N) is 1. The molecule has 5 heterocycles. The second-order valence-corrected chi connectivity index (χ2v) is 10.7. The van der Waals surface area contributed by atoms with Crippen molar-refractivity contribution in [3.63, 3.8) is 0 Å². The Morgan fingerprint density at radius 3 is 2.64 bits per heavy atom. The minimum Gasteiger partial charge on any atom is -0.382 e. The average molecular weight is 528 g/mol. The lowest BCUT2D eigenvalue weighted by Crippen LogP contribution is -2.64. The number of hydrogen-bond donors (Lipinski definition) is 1. The summed E-state index contributed by atoms with van der Waals surface area (Å²) in [5.41, 5.74) is 11.0. The number of piperazine rings is 1. The fourth-order valence-electron chi connectivity index (χ4n) is 6.01. The van der Waals surface area contributed by atoms with E-state index in [0.29, 0.717) is 18.9 Å². The molecule has 1 aromatic carbocycles. The maximum absolute atomic E-state index is 13.5. The molecule has 10 nitrogen and oxygen atoms in total. The van der Waals surface area contributed by atoms with Crippen molar-refractivity contribution >= 4 is 28.8 Å². The van der Waals surface area contributed by atoms with Crippen LogP contribution in [0.5, 0.6) is 0 Å². The van der Waals surface area contributed by atoms with Gasteiger partial charge >= 0.3 is 0 Å². The van der Waals surface area contributed by atoms with E-state index < -0.39 is 5.54 Å². The SMILES string of the molecule is CC(=O)N1CCN(c2cccc(-c3cc(-c4ccnn4C4CCOCC4)c4c(N)nccn34)c2)C(=O)C1(C)C. The molecule has 0 unspecified atom stereocenters. The fraction of sp³-hybridized carbons (Fsp3) is 0.379. The predicted octanol–water partition coefficient (Wildman–Crippen LogP) is 3.77. The van der Waals surface area contributed by atoms with Crippen molar-refractivity contribution in [2.24, 2.45) is 0 Å². The number of fused-ring (bicyclic) bond motifs is 1. The molecule has 2 fully saturated rings. The third-order valence-electron chi connectivity index (χ3n) is 8.02. The van der Waals surface area contributed by atoms with Gasteiger partial charge in [0, 0.05) is 68.6 Å². The zero-order chi connectivity index (χ0) is 27.3. The van der Waals surface area contributed by atoms with Gasteiger partial charge in [0.1, 0.15) is 11.4 Å². The first-order chi connectivity index (χ1) is 18.8. The number of benzene rings is 1. The zero-order valence-electron chi connectivity index (χ0n) is 22.5. The van der Waals surface area contributed by atoms with Gasteiger partial charge in [-0.05, 0) is 51.0 Å². The quantitative estimate of drug-likeness (QED) is 0.433. The number of nitrogens with zero attached hydrogens (tertiary/aromatic N) is 6. The lowest BCUT2D eigenvalue weighted by atomic mass is 9.96. The van der Waals surface area contributed by atoms with Crippen molar-refractivity contribution in [2.45, 2.75) is 45.2 Å². The third kappa shape index (κ3) is 4.15. The Hall–Kier alpha value is -4.18. The van der Waals surface area contributed by atoms with Crippen LogP contribution in [0.15, 0.2) is 55.0 Å². The zero-order valence-corrected chi connectivity index (χ0v) is 22.5. The molecular weight excluding hydrogens is 494 g/mol. The van der Waals surface area contributed by atoms with E-state index in [1.807, 2.05) is 42.7 Å². The molecule has 0 bridgehead atoms. The van der Waals surface area contributed by atoms with E-state index in [-0.39, 0.29) is 17.9 Å². The lowest BCUT2D eigenvalue weighted by molar-refractivity contribution is -0.145. The monoisotopic (exact) mass is 527 g/mol. The molecule has 6 rings (SSSR count). The molecule has 0 spiro atoms. The van der Waals surface area contributed by atoms with Crippen LogP contribution in [0, 0.1) is 0 Å². The van der Waals surface area contributed by atoms with Crippen LogP contribution in [0.2, 0.25) is 0 Å². The van der Waals surface area contributed by atoms with Gasteiger partial charge in [-0.1, -0.05) is 12.1 Å². The Kier molecular flexibility index (Phi) is 6.14. The summed E-state index contributed by atoms with van der Waals surface area (Å²) in [7, 11) is 0. The molecule has 4 aromatic rings. The number of aromatic nitrogens is 4. The van der Waals surface area contributed by atoms with Crippen LogP contribution in [-0.2, 0) is 14.3 Å². The van der Waals surface area contributed by atoms with Crippen LogP contribution < -0.4 is 10.6 Å². The number of rotatable bonds is 4. The molecule has 202 valence electrons. The van der Waals surface area contributed by atoms with Gasteiger partial charge in [0.25, 0.3) is 5.91 Å². The normalized spacial score (nSPS) is 18.2. The lowest BCUT2D eigenvalue weighted by Gasteiger charge is -2.45. The predicted molar refractivity (Wildman–Crippen MR) is 149 cm³/mol. The van der Waals surface area contributed by atoms with Crippen molar-refractivity contribution in [1.82, 2.24) is 24.1 Å². The van der Waals surface area contributed by atoms with Crippen molar-refractivity contribution < 1.29 is 14.3 Å². The Labute approximate surface area is 227 Å². The summed E-state index contributed by atoms with van der Waals surface area (Å²) < 4.78 is 9.71. The first-order valence-corrected chi connectivity index (χ1v) is 13.3.